The first kappa shape index (κ1) is 13.1. The molecule has 3 N–H and O–H groups in total. The van der Waals surface area contributed by atoms with Gasteiger partial charge in [-0.3, -0.25) is 4.90 Å². The van der Waals surface area contributed by atoms with E-state index < -0.39 is 0 Å². The summed E-state index contributed by atoms with van der Waals surface area (Å²) in [6.45, 7) is 2.35. The summed E-state index contributed by atoms with van der Waals surface area (Å²) in [4.78, 5) is 1.86. The van der Waals surface area contributed by atoms with Gasteiger partial charge in [0.2, 0.25) is 0 Å². The zero-order valence-electron chi connectivity index (χ0n) is 9.73. The van der Waals surface area contributed by atoms with Gasteiger partial charge in [0.15, 0.2) is 0 Å². The molecule has 0 aromatic heterocycles. The smallest absolute Gasteiger partial charge is 0.128 e. The van der Waals surface area contributed by atoms with Gasteiger partial charge in [0.05, 0.1) is 12.6 Å². The van der Waals surface area contributed by atoms with E-state index in [1.165, 1.54) is 6.07 Å². The molecular formula is C12H19FN2O. The Labute approximate surface area is 95.7 Å². The average molecular weight is 226 g/mol. The van der Waals surface area contributed by atoms with Gasteiger partial charge in [0.1, 0.15) is 5.82 Å². The number of nitrogens with two attached hydrogens (primary N) is 1. The summed E-state index contributed by atoms with van der Waals surface area (Å²) in [5.41, 5.74) is 6.46. The number of hydrogen-bond acceptors (Lipinski definition) is 3. The van der Waals surface area contributed by atoms with Crippen LogP contribution in [-0.4, -0.2) is 36.2 Å². The fourth-order valence-electron chi connectivity index (χ4n) is 1.93. The van der Waals surface area contributed by atoms with Gasteiger partial charge in [0.25, 0.3) is 0 Å². The van der Waals surface area contributed by atoms with Gasteiger partial charge in [-0.1, -0.05) is 18.2 Å². The summed E-state index contributed by atoms with van der Waals surface area (Å²) < 4.78 is 13.7. The molecule has 0 heterocycles. The van der Waals surface area contributed by atoms with Crippen molar-refractivity contribution in [2.45, 2.75) is 19.0 Å². The Morgan fingerprint density at radius 3 is 2.56 bits per heavy atom. The molecule has 1 rings (SSSR count). The van der Waals surface area contributed by atoms with Crippen LogP contribution in [0.5, 0.6) is 0 Å². The largest absolute Gasteiger partial charge is 0.395 e. The molecule has 0 spiro atoms. The molecule has 0 bridgehead atoms. The van der Waals surface area contributed by atoms with E-state index in [2.05, 4.69) is 0 Å². The molecule has 0 amide bonds. The number of nitrogens with zero attached hydrogens (tertiary/aromatic N) is 1. The molecule has 0 saturated carbocycles. The van der Waals surface area contributed by atoms with Crippen LogP contribution >= 0.6 is 0 Å². The lowest BCUT2D eigenvalue weighted by Gasteiger charge is -2.31. The van der Waals surface area contributed by atoms with Crippen LogP contribution in [0.3, 0.4) is 0 Å². The maximum atomic E-state index is 13.7. The predicted molar refractivity (Wildman–Crippen MR) is 62.5 cm³/mol. The highest BCUT2D eigenvalue weighted by molar-refractivity contribution is 5.22. The molecule has 1 aromatic rings. The Morgan fingerprint density at radius 2 is 2.06 bits per heavy atom. The highest BCUT2D eigenvalue weighted by Crippen LogP contribution is 2.24. The van der Waals surface area contributed by atoms with Crippen LogP contribution in [0.25, 0.3) is 0 Å². The lowest BCUT2D eigenvalue weighted by atomic mass is 9.99. The number of halogens is 1. The quantitative estimate of drug-likeness (QED) is 0.791. The Hall–Kier alpha value is -0.970. The lowest BCUT2D eigenvalue weighted by molar-refractivity contribution is 0.164. The highest BCUT2D eigenvalue weighted by atomic mass is 19.1. The fraction of sp³-hybridized carbons (Fsp3) is 0.500. The minimum absolute atomic E-state index is 0.0359. The second-order valence-corrected chi connectivity index (χ2v) is 4.03. The Kier molecular flexibility index (Phi) is 4.86. The van der Waals surface area contributed by atoms with E-state index in [4.69, 9.17) is 10.8 Å². The van der Waals surface area contributed by atoms with Gasteiger partial charge < -0.3 is 10.8 Å². The number of rotatable bonds is 5. The van der Waals surface area contributed by atoms with Crippen molar-refractivity contribution in [3.8, 4) is 0 Å². The van der Waals surface area contributed by atoms with E-state index >= 15 is 0 Å². The van der Waals surface area contributed by atoms with E-state index in [0.29, 0.717) is 12.1 Å². The first-order chi connectivity index (χ1) is 7.57. The van der Waals surface area contributed by atoms with Gasteiger partial charge in [-0.15, -0.1) is 0 Å². The molecule has 0 aliphatic carbocycles. The van der Waals surface area contributed by atoms with Crippen LogP contribution in [0.2, 0.25) is 0 Å². The fourth-order valence-corrected chi connectivity index (χ4v) is 1.93. The predicted octanol–water partition coefficient (Wildman–Crippen LogP) is 1.14. The zero-order valence-corrected chi connectivity index (χ0v) is 9.73. The third-order valence-electron chi connectivity index (χ3n) is 2.65. The van der Waals surface area contributed by atoms with Gasteiger partial charge >= 0.3 is 0 Å². The van der Waals surface area contributed by atoms with Crippen molar-refractivity contribution in [1.82, 2.24) is 4.90 Å². The van der Waals surface area contributed by atoms with Crippen molar-refractivity contribution in [1.29, 1.82) is 0 Å². The molecule has 0 aliphatic heterocycles. The Morgan fingerprint density at radius 1 is 1.44 bits per heavy atom. The summed E-state index contributed by atoms with van der Waals surface area (Å²) in [6.07, 6.45) is 0. The van der Waals surface area contributed by atoms with E-state index in [0.717, 1.165) is 0 Å². The topological polar surface area (TPSA) is 49.5 Å². The van der Waals surface area contributed by atoms with E-state index in [9.17, 15) is 4.39 Å². The van der Waals surface area contributed by atoms with E-state index in [1.807, 2.05) is 18.9 Å². The highest BCUT2D eigenvalue weighted by Gasteiger charge is 2.23. The van der Waals surface area contributed by atoms with Gasteiger partial charge in [0, 0.05) is 18.2 Å². The molecule has 0 saturated heterocycles. The third kappa shape index (κ3) is 3.01. The summed E-state index contributed by atoms with van der Waals surface area (Å²) in [5, 5.41) is 8.91. The zero-order chi connectivity index (χ0) is 12.1. The molecule has 2 atom stereocenters. The summed E-state index contributed by atoms with van der Waals surface area (Å²) in [5.74, 6) is -0.255. The lowest BCUT2D eigenvalue weighted by Crippen LogP contribution is -2.39. The minimum atomic E-state index is -0.255. The molecule has 1 aromatic carbocycles. The SMILES string of the molecule is CC(N)C(c1ccccc1F)N(C)CCO. The summed E-state index contributed by atoms with van der Waals surface area (Å²) in [7, 11) is 1.83. The van der Waals surface area contributed by atoms with Crippen molar-refractivity contribution >= 4 is 0 Å². The molecule has 0 fully saturated rings. The summed E-state index contributed by atoms with van der Waals surface area (Å²) in [6, 6.07) is 6.19. The number of aliphatic hydroxyl groups excluding tert-OH is 1. The van der Waals surface area contributed by atoms with Crippen molar-refractivity contribution in [3.63, 3.8) is 0 Å². The van der Waals surface area contributed by atoms with Crippen LogP contribution in [0, 0.1) is 5.82 Å². The van der Waals surface area contributed by atoms with Crippen molar-refractivity contribution in [3.05, 3.63) is 35.6 Å². The van der Waals surface area contributed by atoms with Gasteiger partial charge in [-0.2, -0.15) is 0 Å². The molecule has 90 valence electrons. The van der Waals surface area contributed by atoms with Crippen molar-refractivity contribution in [2.24, 2.45) is 5.73 Å². The molecule has 2 unspecified atom stereocenters. The molecule has 3 nitrogen and oxygen atoms in total. The molecule has 0 aliphatic rings. The van der Waals surface area contributed by atoms with Crippen molar-refractivity contribution in [2.75, 3.05) is 20.2 Å². The summed E-state index contributed by atoms with van der Waals surface area (Å²) >= 11 is 0. The number of benzene rings is 1. The first-order valence-corrected chi connectivity index (χ1v) is 5.39. The molecule has 0 radical (unpaired) electrons. The van der Waals surface area contributed by atoms with Gasteiger partial charge in [-0.25, -0.2) is 4.39 Å². The number of hydrogen-bond donors (Lipinski definition) is 2. The van der Waals surface area contributed by atoms with Crippen LogP contribution in [0.4, 0.5) is 4.39 Å². The minimum Gasteiger partial charge on any atom is -0.395 e. The van der Waals surface area contributed by atoms with E-state index in [1.54, 1.807) is 18.2 Å². The third-order valence-corrected chi connectivity index (χ3v) is 2.65. The Balaban J connectivity index is 2.98. The van der Waals surface area contributed by atoms with Gasteiger partial charge in [-0.05, 0) is 20.0 Å². The van der Waals surface area contributed by atoms with E-state index in [-0.39, 0.29) is 24.5 Å². The number of likely N-dealkylation sites (N-methyl/N-ethyl adjacent to an activating group) is 1. The maximum absolute atomic E-state index is 13.7. The standard InChI is InChI=1S/C12H19FN2O/c1-9(14)12(15(2)7-8-16)10-5-3-4-6-11(10)13/h3-6,9,12,16H,7-8,14H2,1-2H3. The average Bonchev–Trinajstić information content (AvgIpc) is 2.21. The van der Waals surface area contributed by atoms with Crippen molar-refractivity contribution < 1.29 is 9.50 Å². The molecule has 16 heavy (non-hydrogen) atoms. The van der Waals surface area contributed by atoms with Crippen LogP contribution < -0.4 is 5.73 Å². The number of aliphatic hydroxyl groups is 1. The first-order valence-electron chi connectivity index (χ1n) is 5.39. The second kappa shape index (κ2) is 5.94. The second-order valence-electron chi connectivity index (χ2n) is 4.03. The van der Waals surface area contributed by atoms with Crippen LogP contribution in [-0.2, 0) is 0 Å². The monoisotopic (exact) mass is 226 g/mol. The maximum Gasteiger partial charge on any atom is 0.128 e. The molecule has 4 heteroatoms. The Bertz CT molecular complexity index is 331. The normalized spacial score (nSPS) is 15.1. The van der Waals surface area contributed by atoms with Crippen LogP contribution in [0.1, 0.15) is 18.5 Å². The molecular weight excluding hydrogens is 207 g/mol. The van der Waals surface area contributed by atoms with Crippen LogP contribution in [0.15, 0.2) is 24.3 Å².